The van der Waals surface area contributed by atoms with Gasteiger partial charge in [0.2, 0.25) is 0 Å². The van der Waals surface area contributed by atoms with Crippen LogP contribution in [0.25, 0.3) is 0 Å². The number of nitrogens with zero attached hydrogens (tertiary/aromatic N) is 1. The summed E-state index contributed by atoms with van der Waals surface area (Å²) < 4.78 is 0.973. The Morgan fingerprint density at radius 3 is 2.47 bits per heavy atom. The van der Waals surface area contributed by atoms with Gasteiger partial charge in [-0.05, 0) is 12.2 Å². The van der Waals surface area contributed by atoms with Crippen molar-refractivity contribution in [3.63, 3.8) is 0 Å². The van der Waals surface area contributed by atoms with Gasteiger partial charge in [-0.15, -0.1) is 0 Å². The Bertz CT molecular complexity index is 356. The molecule has 0 aliphatic carbocycles. The maximum absolute atomic E-state index is 2.26. The molecule has 15 heavy (non-hydrogen) atoms. The molecular weight excluding hydrogens is 206 g/mol. The van der Waals surface area contributed by atoms with Crippen LogP contribution in [-0.2, 0) is 6.54 Å². The lowest BCUT2D eigenvalue weighted by atomic mass is 10.2. The van der Waals surface area contributed by atoms with E-state index in [1.165, 1.54) is 5.56 Å². The van der Waals surface area contributed by atoms with Gasteiger partial charge in [0.05, 0.1) is 13.2 Å². The molecule has 1 nitrogen and oxygen atoms in total. The molecule has 0 amide bonds. The van der Waals surface area contributed by atoms with Gasteiger partial charge in [0, 0.05) is 5.56 Å². The van der Waals surface area contributed by atoms with E-state index in [4.69, 9.17) is 0 Å². The van der Waals surface area contributed by atoms with Crippen molar-refractivity contribution in [3.8, 4) is 0 Å². The fourth-order valence-corrected chi connectivity index (χ4v) is 1.82. The highest BCUT2D eigenvalue weighted by Crippen LogP contribution is 2.15. The second kappa shape index (κ2) is 5.15. The molecule has 0 bridgehead atoms. The van der Waals surface area contributed by atoms with Gasteiger partial charge in [0.1, 0.15) is 13.1 Å². The van der Waals surface area contributed by atoms with Crippen molar-refractivity contribution in [1.82, 2.24) is 0 Å². The van der Waals surface area contributed by atoms with Gasteiger partial charge in [0.15, 0.2) is 0 Å². The summed E-state index contributed by atoms with van der Waals surface area (Å²) in [5.41, 5.74) is 1.40. The molecule has 0 saturated carbocycles. The van der Waals surface area contributed by atoms with Crippen LogP contribution in [0.4, 0.5) is 0 Å². The first-order valence-corrected chi connectivity index (χ1v) is 5.01. The molecule has 2 heteroatoms. The monoisotopic (exact) mass is 221 g/mol. The van der Waals surface area contributed by atoms with Crippen molar-refractivity contribution in [3.05, 3.63) is 60.3 Å². The number of quaternary nitrogens is 1. The fraction of sp³-hybridized carbons (Fsp3) is 0.231. The van der Waals surface area contributed by atoms with Crippen LogP contribution in [0.5, 0.6) is 0 Å². The first-order chi connectivity index (χ1) is 6.79. The number of rotatable bonds is 2. The van der Waals surface area contributed by atoms with Crippen LogP contribution in [0.3, 0.4) is 0 Å². The zero-order valence-electron chi connectivity index (χ0n) is 8.94. The summed E-state index contributed by atoms with van der Waals surface area (Å²) >= 11 is 0. The lowest BCUT2D eigenvalue weighted by Crippen LogP contribution is -3.00. The SMILES string of the molecule is C[N@@+]1(Cc2ccccc2)C=CC=CC1.[Cl-]. The van der Waals surface area contributed by atoms with Gasteiger partial charge in [-0.1, -0.05) is 36.4 Å². The minimum atomic E-state index is 0. The van der Waals surface area contributed by atoms with Crippen molar-refractivity contribution in [2.75, 3.05) is 13.6 Å². The Morgan fingerprint density at radius 1 is 1.13 bits per heavy atom. The highest BCUT2D eigenvalue weighted by Gasteiger charge is 2.18. The molecule has 2 rings (SSSR count). The number of halogens is 1. The molecule has 1 heterocycles. The van der Waals surface area contributed by atoms with Crippen LogP contribution < -0.4 is 12.4 Å². The number of benzene rings is 1. The van der Waals surface area contributed by atoms with Crippen molar-refractivity contribution >= 4 is 0 Å². The summed E-state index contributed by atoms with van der Waals surface area (Å²) in [6.07, 6.45) is 8.73. The summed E-state index contributed by atoms with van der Waals surface area (Å²) in [6.45, 7) is 2.16. The number of allylic oxidation sites excluding steroid dienone is 2. The maximum atomic E-state index is 2.26. The Morgan fingerprint density at radius 2 is 1.87 bits per heavy atom. The number of likely N-dealkylation sites (N-methyl/N-ethyl adjacent to an activating group) is 1. The molecule has 0 unspecified atom stereocenters. The first kappa shape index (κ1) is 12.0. The van der Waals surface area contributed by atoms with Crippen molar-refractivity contribution in [2.45, 2.75) is 6.54 Å². The Balaban J connectivity index is 0.00000112. The summed E-state index contributed by atoms with van der Waals surface area (Å²) in [5.74, 6) is 0. The molecule has 0 radical (unpaired) electrons. The Kier molecular flexibility index (Phi) is 4.13. The van der Waals surface area contributed by atoms with Gasteiger partial charge in [0.25, 0.3) is 0 Å². The molecule has 1 aromatic rings. The Hall–Kier alpha value is -1.05. The average Bonchev–Trinajstić information content (AvgIpc) is 2.19. The first-order valence-electron chi connectivity index (χ1n) is 5.01. The third-order valence-corrected chi connectivity index (χ3v) is 2.60. The van der Waals surface area contributed by atoms with E-state index in [1.807, 2.05) is 0 Å². The molecule has 0 N–H and O–H groups in total. The minimum Gasteiger partial charge on any atom is -1.00 e. The Labute approximate surface area is 97.7 Å². The number of hydrogen-bond donors (Lipinski definition) is 0. The predicted octanol–water partition coefficient (Wildman–Crippen LogP) is -0.279. The van der Waals surface area contributed by atoms with E-state index >= 15 is 0 Å². The van der Waals surface area contributed by atoms with Crippen LogP contribution in [0, 0.1) is 0 Å². The van der Waals surface area contributed by atoms with E-state index in [9.17, 15) is 0 Å². The highest BCUT2D eigenvalue weighted by atomic mass is 35.5. The highest BCUT2D eigenvalue weighted by molar-refractivity contribution is 5.14. The van der Waals surface area contributed by atoms with Crippen molar-refractivity contribution in [2.24, 2.45) is 0 Å². The van der Waals surface area contributed by atoms with Gasteiger partial charge < -0.3 is 12.4 Å². The molecule has 0 spiro atoms. The fourth-order valence-electron chi connectivity index (χ4n) is 1.82. The third kappa shape index (κ3) is 3.22. The molecule has 80 valence electrons. The van der Waals surface area contributed by atoms with Crippen LogP contribution in [0.1, 0.15) is 5.56 Å². The van der Waals surface area contributed by atoms with Crippen LogP contribution in [0.2, 0.25) is 0 Å². The summed E-state index contributed by atoms with van der Waals surface area (Å²) in [5, 5.41) is 0. The predicted molar refractivity (Wildman–Crippen MR) is 59.5 cm³/mol. The number of hydrogen-bond acceptors (Lipinski definition) is 0. The second-order valence-electron chi connectivity index (χ2n) is 4.08. The van der Waals surface area contributed by atoms with Crippen LogP contribution in [-0.4, -0.2) is 18.1 Å². The van der Waals surface area contributed by atoms with Crippen molar-refractivity contribution < 1.29 is 16.9 Å². The van der Waals surface area contributed by atoms with E-state index in [0.29, 0.717) is 0 Å². The lowest BCUT2D eigenvalue weighted by molar-refractivity contribution is -0.867. The minimum absolute atomic E-state index is 0. The summed E-state index contributed by atoms with van der Waals surface area (Å²) in [6, 6.07) is 10.6. The molecular formula is C13H16ClN. The molecule has 0 aromatic heterocycles. The lowest BCUT2D eigenvalue weighted by Gasteiger charge is -2.30. The topological polar surface area (TPSA) is 0 Å². The molecule has 1 aliphatic rings. The van der Waals surface area contributed by atoms with E-state index in [-0.39, 0.29) is 12.4 Å². The second-order valence-corrected chi connectivity index (χ2v) is 4.08. The zero-order valence-corrected chi connectivity index (χ0v) is 9.69. The van der Waals surface area contributed by atoms with Crippen LogP contribution >= 0.6 is 0 Å². The molecule has 0 saturated heterocycles. The summed E-state index contributed by atoms with van der Waals surface area (Å²) in [4.78, 5) is 0. The van der Waals surface area contributed by atoms with E-state index in [2.05, 4.69) is 61.8 Å². The largest absolute Gasteiger partial charge is 1.00 e. The molecule has 0 fully saturated rings. The summed E-state index contributed by atoms with van der Waals surface area (Å²) in [7, 11) is 2.26. The van der Waals surface area contributed by atoms with E-state index in [1.54, 1.807) is 0 Å². The smallest absolute Gasteiger partial charge is 0.109 e. The van der Waals surface area contributed by atoms with Gasteiger partial charge in [-0.3, -0.25) is 4.48 Å². The third-order valence-electron chi connectivity index (χ3n) is 2.60. The van der Waals surface area contributed by atoms with E-state index in [0.717, 1.165) is 17.6 Å². The van der Waals surface area contributed by atoms with E-state index < -0.39 is 0 Å². The van der Waals surface area contributed by atoms with Gasteiger partial charge in [-0.2, -0.15) is 0 Å². The molecule has 1 aliphatic heterocycles. The quantitative estimate of drug-likeness (QED) is 0.603. The average molecular weight is 222 g/mol. The molecule has 1 aromatic carbocycles. The zero-order chi connectivity index (χ0) is 9.86. The van der Waals surface area contributed by atoms with Crippen LogP contribution in [0.15, 0.2) is 54.8 Å². The van der Waals surface area contributed by atoms with Gasteiger partial charge >= 0.3 is 0 Å². The maximum Gasteiger partial charge on any atom is 0.109 e. The standard InChI is InChI=1S/C13H16N.ClH/c1-14(10-6-3-7-11-14)12-13-8-4-2-5-9-13;/h2-10H,11-12H2,1H3;1H/q+1;/p-1/t14-;/m1./s1. The van der Waals surface area contributed by atoms with Crippen molar-refractivity contribution in [1.29, 1.82) is 0 Å². The molecule has 1 atom stereocenters. The normalized spacial score (nSPS) is 23.5. The van der Waals surface area contributed by atoms with Gasteiger partial charge in [-0.25, -0.2) is 0 Å².